The van der Waals surface area contributed by atoms with E-state index in [0.29, 0.717) is 35.4 Å². The molecular formula is C25H20F3NO4. The van der Waals surface area contributed by atoms with Crippen LogP contribution in [0.3, 0.4) is 0 Å². The summed E-state index contributed by atoms with van der Waals surface area (Å²) in [6.07, 6.45) is -3.17. The Morgan fingerprint density at radius 3 is 2.48 bits per heavy atom. The van der Waals surface area contributed by atoms with E-state index in [4.69, 9.17) is 14.4 Å². The highest BCUT2D eigenvalue weighted by Gasteiger charge is 2.29. The molecule has 0 saturated heterocycles. The summed E-state index contributed by atoms with van der Waals surface area (Å²) in [5.41, 5.74) is 3.89. The maximum absolute atomic E-state index is 12.8. The number of benzene rings is 3. The monoisotopic (exact) mass is 455 g/mol. The van der Waals surface area contributed by atoms with Crippen LogP contribution in [0.4, 0.5) is 13.2 Å². The summed E-state index contributed by atoms with van der Waals surface area (Å²) in [6.45, 7) is 1.36. The van der Waals surface area contributed by atoms with Crippen LogP contribution in [0, 0.1) is 6.92 Å². The molecule has 0 bridgehead atoms. The number of nitrogens with zero attached hydrogens (tertiary/aromatic N) is 1. The van der Waals surface area contributed by atoms with Gasteiger partial charge in [0.1, 0.15) is 5.75 Å². The molecule has 0 fully saturated rings. The van der Waals surface area contributed by atoms with Gasteiger partial charge in [-0.05, 0) is 66.3 Å². The maximum atomic E-state index is 12.8. The summed E-state index contributed by atoms with van der Waals surface area (Å²) in [7, 11) is 0. The molecule has 0 aliphatic rings. The van der Waals surface area contributed by atoms with Crippen LogP contribution in [-0.2, 0) is 23.8 Å². The molecule has 4 rings (SSSR count). The SMILES string of the molecule is Cc1cc2onc(CCc3cccc(-c4ccc(C(F)(F)F)cc4)c3)c2cc1OCC(=O)O. The van der Waals surface area contributed by atoms with Crippen molar-refractivity contribution in [3.8, 4) is 16.9 Å². The van der Waals surface area contributed by atoms with Gasteiger partial charge in [0, 0.05) is 5.39 Å². The Balaban J connectivity index is 1.51. The Morgan fingerprint density at radius 1 is 1.03 bits per heavy atom. The summed E-state index contributed by atoms with van der Waals surface area (Å²) in [5, 5.41) is 13.7. The summed E-state index contributed by atoms with van der Waals surface area (Å²) in [5.74, 6) is -0.605. The molecule has 0 unspecified atom stereocenters. The predicted octanol–water partition coefficient (Wildman–Crippen LogP) is 6.07. The molecule has 1 heterocycles. The molecule has 0 saturated carbocycles. The van der Waals surface area contributed by atoms with Crippen LogP contribution >= 0.6 is 0 Å². The van der Waals surface area contributed by atoms with Crippen molar-refractivity contribution in [1.29, 1.82) is 0 Å². The lowest BCUT2D eigenvalue weighted by Crippen LogP contribution is -2.10. The van der Waals surface area contributed by atoms with E-state index < -0.39 is 24.3 Å². The number of aryl methyl sites for hydroxylation is 3. The molecule has 0 amide bonds. The van der Waals surface area contributed by atoms with Gasteiger partial charge in [0.25, 0.3) is 0 Å². The Labute approximate surface area is 187 Å². The van der Waals surface area contributed by atoms with E-state index in [1.54, 1.807) is 19.1 Å². The molecule has 0 radical (unpaired) electrons. The van der Waals surface area contributed by atoms with Crippen molar-refractivity contribution in [3.05, 3.63) is 83.0 Å². The van der Waals surface area contributed by atoms with Gasteiger partial charge in [-0.2, -0.15) is 13.2 Å². The van der Waals surface area contributed by atoms with Gasteiger partial charge >= 0.3 is 12.1 Å². The van der Waals surface area contributed by atoms with Gasteiger partial charge in [-0.15, -0.1) is 0 Å². The Bertz CT molecular complexity index is 1290. The van der Waals surface area contributed by atoms with Gasteiger partial charge in [-0.1, -0.05) is 41.6 Å². The van der Waals surface area contributed by atoms with Gasteiger partial charge in [0.15, 0.2) is 12.2 Å². The maximum Gasteiger partial charge on any atom is 0.416 e. The Kier molecular flexibility index (Phi) is 6.09. The highest BCUT2D eigenvalue weighted by Crippen LogP contribution is 2.32. The number of fused-ring (bicyclic) bond motifs is 1. The lowest BCUT2D eigenvalue weighted by atomic mass is 9.99. The summed E-state index contributed by atoms with van der Waals surface area (Å²) in [6, 6.07) is 16.2. The number of carboxylic acids is 1. The average Bonchev–Trinajstić information content (AvgIpc) is 3.17. The van der Waals surface area contributed by atoms with Crippen LogP contribution in [0.5, 0.6) is 5.75 Å². The Hall–Kier alpha value is -3.81. The molecule has 4 aromatic rings. The van der Waals surface area contributed by atoms with Crippen LogP contribution in [0.15, 0.2) is 65.2 Å². The number of alkyl halides is 3. The number of rotatable bonds is 7. The number of carbonyl (C=O) groups is 1. The van der Waals surface area contributed by atoms with E-state index in [1.807, 2.05) is 24.3 Å². The van der Waals surface area contributed by atoms with Gasteiger partial charge in [0.2, 0.25) is 0 Å². The molecule has 0 atom stereocenters. The van der Waals surface area contributed by atoms with Crippen LogP contribution in [0.1, 0.15) is 22.4 Å². The fraction of sp³-hybridized carbons (Fsp3) is 0.200. The van der Waals surface area contributed by atoms with E-state index in [-0.39, 0.29) is 0 Å². The summed E-state index contributed by atoms with van der Waals surface area (Å²) in [4.78, 5) is 10.8. The second-order valence-electron chi connectivity index (χ2n) is 7.70. The zero-order valence-electron chi connectivity index (χ0n) is 17.6. The second-order valence-corrected chi connectivity index (χ2v) is 7.70. The normalized spacial score (nSPS) is 11.6. The molecule has 33 heavy (non-hydrogen) atoms. The number of hydrogen-bond acceptors (Lipinski definition) is 4. The van der Waals surface area contributed by atoms with Gasteiger partial charge in [-0.25, -0.2) is 4.79 Å². The zero-order valence-corrected chi connectivity index (χ0v) is 17.6. The smallest absolute Gasteiger partial charge is 0.416 e. The molecule has 0 spiro atoms. The molecule has 0 aliphatic heterocycles. The molecule has 0 aliphatic carbocycles. The first-order chi connectivity index (χ1) is 15.7. The van der Waals surface area contributed by atoms with Crippen molar-refractivity contribution in [2.45, 2.75) is 25.9 Å². The standard InChI is InChI=1S/C25H20F3NO4/c1-15-11-23-20(13-22(15)32-14-24(30)31)21(29-33-23)10-5-16-3-2-4-18(12-16)17-6-8-19(9-7-17)25(26,27)28/h2-4,6-9,11-13H,5,10,14H2,1H3,(H,30,31). The van der Waals surface area contributed by atoms with Crippen LogP contribution in [0.2, 0.25) is 0 Å². The van der Waals surface area contributed by atoms with E-state index in [2.05, 4.69) is 5.16 Å². The van der Waals surface area contributed by atoms with E-state index >= 15 is 0 Å². The number of hydrogen-bond donors (Lipinski definition) is 1. The number of aromatic nitrogens is 1. The minimum atomic E-state index is -4.36. The highest BCUT2D eigenvalue weighted by atomic mass is 19.4. The minimum Gasteiger partial charge on any atom is -0.482 e. The largest absolute Gasteiger partial charge is 0.482 e. The Morgan fingerprint density at radius 2 is 1.79 bits per heavy atom. The third kappa shape index (κ3) is 5.16. The van der Waals surface area contributed by atoms with E-state index in [1.165, 1.54) is 12.1 Å². The van der Waals surface area contributed by atoms with Crippen LogP contribution in [-0.4, -0.2) is 22.8 Å². The van der Waals surface area contributed by atoms with Crippen molar-refractivity contribution in [2.75, 3.05) is 6.61 Å². The third-order valence-corrected chi connectivity index (χ3v) is 5.32. The molecule has 1 aromatic heterocycles. The van der Waals surface area contributed by atoms with Crippen LogP contribution in [0.25, 0.3) is 22.1 Å². The fourth-order valence-electron chi connectivity index (χ4n) is 3.61. The highest BCUT2D eigenvalue weighted by molar-refractivity contribution is 5.82. The molecule has 8 heteroatoms. The number of halogens is 3. The first-order valence-electron chi connectivity index (χ1n) is 10.2. The van der Waals surface area contributed by atoms with Gasteiger partial charge in [-0.3, -0.25) is 0 Å². The van der Waals surface area contributed by atoms with E-state index in [9.17, 15) is 18.0 Å². The summed E-state index contributed by atoms with van der Waals surface area (Å²) >= 11 is 0. The van der Waals surface area contributed by atoms with Crippen LogP contribution < -0.4 is 4.74 Å². The van der Waals surface area contributed by atoms with E-state index in [0.717, 1.165) is 34.2 Å². The quantitative estimate of drug-likeness (QED) is 0.366. The number of carboxylic acid groups (broad SMARTS) is 1. The lowest BCUT2D eigenvalue weighted by Gasteiger charge is -2.09. The first kappa shape index (κ1) is 22.4. The molecular weight excluding hydrogens is 435 g/mol. The number of aliphatic carboxylic acids is 1. The van der Waals surface area contributed by atoms with Gasteiger partial charge < -0.3 is 14.4 Å². The van der Waals surface area contributed by atoms with Crippen molar-refractivity contribution < 1.29 is 32.3 Å². The lowest BCUT2D eigenvalue weighted by molar-refractivity contribution is -0.139. The molecule has 3 aromatic carbocycles. The van der Waals surface area contributed by atoms with Gasteiger partial charge in [0.05, 0.1) is 11.3 Å². The average molecular weight is 455 g/mol. The van der Waals surface area contributed by atoms with Crippen molar-refractivity contribution in [2.24, 2.45) is 0 Å². The zero-order chi connectivity index (χ0) is 23.6. The van der Waals surface area contributed by atoms with Crippen molar-refractivity contribution >= 4 is 16.9 Å². The first-order valence-corrected chi connectivity index (χ1v) is 10.2. The third-order valence-electron chi connectivity index (χ3n) is 5.32. The molecule has 5 nitrogen and oxygen atoms in total. The molecule has 1 N–H and O–H groups in total. The van der Waals surface area contributed by atoms with Crippen molar-refractivity contribution in [1.82, 2.24) is 5.16 Å². The predicted molar refractivity (Wildman–Crippen MR) is 116 cm³/mol. The minimum absolute atomic E-state index is 0.441. The topological polar surface area (TPSA) is 72.6 Å². The summed E-state index contributed by atoms with van der Waals surface area (Å²) < 4.78 is 49.2. The molecule has 170 valence electrons. The number of ether oxygens (including phenoxy) is 1. The van der Waals surface area contributed by atoms with Crippen molar-refractivity contribution in [3.63, 3.8) is 0 Å². The fourth-order valence-corrected chi connectivity index (χ4v) is 3.61. The second kappa shape index (κ2) is 8.97.